The van der Waals surface area contributed by atoms with Crippen molar-refractivity contribution in [2.75, 3.05) is 13.2 Å². The minimum absolute atomic E-state index is 0.288. The van der Waals surface area contributed by atoms with Crippen LogP contribution in [0.5, 0.6) is 0 Å². The molecule has 110 valence electrons. The summed E-state index contributed by atoms with van der Waals surface area (Å²) in [6, 6.07) is -0.288. The average Bonchev–Trinajstić information content (AvgIpc) is 2.87. The van der Waals surface area contributed by atoms with Gasteiger partial charge >= 0.3 is 0 Å². The summed E-state index contributed by atoms with van der Waals surface area (Å²) in [5.74, 6) is 1.25. The standard InChI is InChI=1S/C14H27N3O2/c1-3-5-6-7-8-9-13-16-14(17-19-13)12(15)11-18-10-4-2/h12H,3-11,15H2,1-2H3. The van der Waals surface area contributed by atoms with Crippen LogP contribution in [0.3, 0.4) is 0 Å². The quantitative estimate of drug-likeness (QED) is 0.625. The van der Waals surface area contributed by atoms with Crippen molar-refractivity contribution in [3.8, 4) is 0 Å². The topological polar surface area (TPSA) is 74.2 Å². The Morgan fingerprint density at radius 3 is 2.68 bits per heavy atom. The van der Waals surface area contributed by atoms with Gasteiger partial charge in [0.05, 0.1) is 12.6 Å². The Morgan fingerprint density at radius 2 is 1.95 bits per heavy atom. The Labute approximate surface area is 115 Å². The molecule has 5 nitrogen and oxygen atoms in total. The molecule has 0 fully saturated rings. The van der Waals surface area contributed by atoms with Gasteiger partial charge in [-0.25, -0.2) is 0 Å². The molecule has 0 aliphatic rings. The molecule has 0 aliphatic carbocycles. The van der Waals surface area contributed by atoms with Gasteiger partial charge in [0.25, 0.3) is 0 Å². The first-order valence-electron chi connectivity index (χ1n) is 7.43. The first-order valence-corrected chi connectivity index (χ1v) is 7.43. The molecule has 0 saturated carbocycles. The number of nitrogens with zero attached hydrogens (tertiary/aromatic N) is 2. The summed E-state index contributed by atoms with van der Waals surface area (Å²) in [6.45, 7) is 5.45. The summed E-state index contributed by atoms with van der Waals surface area (Å²) in [7, 11) is 0. The molecule has 1 aromatic heterocycles. The van der Waals surface area contributed by atoms with Gasteiger partial charge in [-0.3, -0.25) is 0 Å². The van der Waals surface area contributed by atoms with E-state index in [1.807, 2.05) is 0 Å². The van der Waals surface area contributed by atoms with Crippen molar-refractivity contribution in [2.45, 2.75) is 64.8 Å². The first kappa shape index (κ1) is 16.1. The molecule has 0 aliphatic heterocycles. The summed E-state index contributed by atoms with van der Waals surface area (Å²) in [6.07, 6.45) is 8.00. The van der Waals surface area contributed by atoms with Gasteiger partial charge < -0.3 is 15.0 Å². The van der Waals surface area contributed by atoms with E-state index < -0.39 is 0 Å². The molecule has 0 saturated heterocycles. The van der Waals surface area contributed by atoms with Crippen LogP contribution in [-0.2, 0) is 11.2 Å². The predicted octanol–water partition coefficient (Wildman–Crippen LogP) is 3.01. The molecule has 2 N–H and O–H groups in total. The lowest BCUT2D eigenvalue weighted by Gasteiger charge is -2.06. The third kappa shape index (κ3) is 6.68. The van der Waals surface area contributed by atoms with Crippen LogP contribution in [-0.4, -0.2) is 23.4 Å². The van der Waals surface area contributed by atoms with E-state index in [-0.39, 0.29) is 6.04 Å². The lowest BCUT2D eigenvalue weighted by Crippen LogP contribution is -2.18. The second-order valence-electron chi connectivity index (χ2n) is 4.89. The van der Waals surface area contributed by atoms with E-state index in [9.17, 15) is 0 Å². The van der Waals surface area contributed by atoms with Crippen LogP contribution < -0.4 is 5.73 Å². The maximum Gasteiger partial charge on any atom is 0.226 e. The fraction of sp³-hybridized carbons (Fsp3) is 0.857. The number of ether oxygens (including phenoxy) is 1. The number of nitrogens with two attached hydrogens (primary N) is 1. The van der Waals surface area contributed by atoms with Gasteiger partial charge in [0.2, 0.25) is 5.89 Å². The fourth-order valence-electron chi connectivity index (χ4n) is 1.83. The van der Waals surface area contributed by atoms with Gasteiger partial charge in [-0.15, -0.1) is 0 Å². The monoisotopic (exact) mass is 269 g/mol. The number of rotatable bonds is 11. The minimum atomic E-state index is -0.288. The smallest absolute Gasteiger partial charge is 0.226 e. The summed E-state index contributed by atoms with van der Waals surface area (Å²) < 4.78 is 10.6. The zero-order chi connectivity index (χ0) is 13.9. The van der Waals surface area contributed by atoms with Gasteiger partial charge in [0.1, 0.15) is 0 Å². The molecule has 1 heterocycles. The number of aryl methyl sites for hydroxylation is 1. The number of hydrogen-bond acceptors (Lipinski definition) is 5. The van der Waals surface area contributed by atoms with Crippen LogP contribution in [0.4, 0.5) is 0 Å². The molecule has 0 spiro atoms. The Bertz CT molecular complexity index is 328. The van der Waals surface area contributed by atoms with Crippen molar-refractivity contribution >= 4 is 0 Å². The average molecular weight is 269 g/mol. The van der Waals surface area contributed by atoms with E-state index in [1.165, 1.54) is 25.7 Å². The maximum atomic E-state index is 5.93. The van der Waals surface area contributed by atoms with Gasteiger partial charge in [0.15, 0.2) is 5.82 Å². The lowest BCUT2D eigenvalue weighted by molar-refractivity contribution is 0.119. The van der Waals surface area contributed by atoms with Crippen LogP contribution in [0.15, 0.2) is 4.52 Å². The minimum Gasteiger partial charge on any atom is -0.379 e. The predicted molar refractivity (Wildman–Crippen MR) is 74.8 cm³/mol. The normalized spacial score (nSPS) is 12.8. The molecule has 1 aromatic rings. The second kappa shape index (κ2) is 9.92. The second-order valence-corrected chi connectivity index (χ2v) is 4.89. The van der Waals surface area contributed by atoms with Crippen molar-refractivity contribution in [1.82, 2.24) is 10.1 Å². The van der Waals surface area contributed by atoms with Crippen molar-refractivity contribution in [1.29, 1.82) is 0 Å². The summed E-state index contributed by atoms with van der Waals surface area (Å²) in [5, 5.41) is 3.92. The molecule has 19 heavy (non-hydrogen) atoms. The SMILES string of the molecule is CCCCCCCc1nc(C(N)COCCC)no1. The highest BCUT2D eigenvalue weighted by Crippen LogP contribution is 2.10. The molecular weight excluding hydrogens is 242 g/mol. The zero-order valence-electron chi connectivity index (χ0n) is 12.2. The Hall–Kier alpha value is -0.940. The largest absolute Gasteiger partial charge is 0.379 e. The molecule has 0 bridgehead atoms. The Morgan fingerprint density at radius 1 is 1.16 bits per heavy atom. The van der Waals surface area contributed by atoms with Gasteiger partial charge in [-0.1, -0.05) is 44.7 Å². The van der Waals surface area contributed by atoms with Crippen LogP contribution in [0.1, 0.15) is 70.1 Å². The Kier molecular flexibility index (Phi) is 8.41. The number of aromatic nitrogens is 2. The first-order chi connectivity index (χ1) is 9.27. The molecule has 1 unspecified atom stereocenters. The van der Waals surface area contributed by atoms with Crippen LogP contribution in [0.2, 0.25) is 0 Å². The van der Waals surface area contributed by atoms with Crippen molar-refractivity contribution in [3.63, 3.8) is 0 Å². The van der Waals surface area contributed by atoms with E-state index >= 15 is 0 Å². The summed E-state index contributed by atoms with van der Waals surface area (Å²) in [5.41, 5.74) is 5.93. The molecule has 5 heteroatoms. The van der Waals surface area contributed by atoms with E-state index in [1.54, 1.807) is 0 Å². The van der Waals surface area contributed by atoms with Gasteiger partial charge in [-0.05, 0) is 12.8 Å². The third-order valence-corrected chi connectivity index (χ3v) is 2.96. The lowest BCUT2D eigenvalue weighted by atomic mass is 10.1. The third-order valence-electron chi connectivity index (χ3n) is 2.96. The Balaban J connectivity index is 2.23. The molecule has 1 atom stereocenters. The highest BCUT2D eigenvalue weighted by Gasteiger charge is 2.14. The highest BCUT2D eigenvalue weighted by atomic mass is 16.5. The van der Waals surface area contributed by atoms with Crippen LogP contribution in [0, 0.1) is 0 Å². The van der Waals surface area contributed by atoms with Crippen molar-refractivity contribution in [3.05, 3.63) is 11.7 Å². The zero-order valence-corrected chi connectivity index (χ0v) is 12.2. The van der Waals surface area contributed by atoms with Crippen molar-refractivity contribution in [2.24, 2.45) is 5.73 Å². The maximum absolute atomic E-state index is 5.93. The van der Waals surface area contributed by atoms with E-state index in [4.69, 9.17) is 15.0 Å². The number of hydrogen-bond donors (Lipinski definition) is 1. The molecular formula is C14H27N3O2. The van der Waals surface area contributed by atoms with Gasteiger partial charge in [-0.2, -0.15) is 4.98 Å². The molecule has 1 rings (SSSR count). The van der Waals surface area contributed by atoms with Crippen molar-refractivity contribution < 1.29 is 9.26 Å². The van der Waals surface area contributed by atoms with E-state index in [0.29, 0.717) is 18.3 Å². The van der Waals surface area contributed by atoms with E-state index in [2.05, 4.69) is 24.0 Å². The van der Waals surface area contributed by atoms with Gasteiger partial charge in [0, 0.05) is 13.0 Å². The fourth-order valence-corrected chi connectivity index (χ4v) is 1.83. The summed E-state index contributed by atoms with van der Waals surface area (Å²) >= 11 is 0. The highest BCUT2D eigenvalue weighted by molar-refractivity contribution is 4.93. The molecule has 0 aromatic carbocycles. The van der Waals surface area contributed by atoms with Crippen LogP contribution in [0.25, 0.3) is 0 Å². The van der Waals surface area contributed by atoms with E-state index in [0.717, 1.165) is 25.9 Å². The molecule has 0 amide bonds. The molecule has 0 radical (unpaired) electrons. The number of unbranched alkanes of at least 4 members (excludes halogenated alkanes) is 4. The summed E-state index contributed by atoms with van der Waals surface area (Å²) in [4.78, 5) is 4.32. The van der Waals surface area contributed by atoms with Crippen LogP contribution >= 0.6 is 0 Å².